The van der Waals surface area contributed by atoms with Crippen molar-refractivity contribution in [2.45, 2.75) is 12.8 Å². The van der Waals surface area contributed by atoms with E-state index in [2.05, 4.69) is 10.6 Å². The summed E-state index contributed by atoms with van der Waals surface area (Å²) in [6.07, 6.45) is 0.863. The van der Waals surface area contributed by atoms with E-state index >= 15 is 0 Å². The number of amides is 2. The first-order valence-corrected chi connectivity index (χ1v) is 8.86. The first-order chi connectivity index (χ1) is 11.8. The molecule has 0 aromatic heterocycles. The van der Waals surface area contributed by atoms with Gasteiger partial charge in [0, 0.05) is 10.0 Å². The standard InChI is InChI=1S/C17H12Cl4N2O2/c18-9-1-3-11(20)13(7-9)22-15(24)17(5-6-17)16(25)23-14-8-10(19)2-4-12(14)21/h1-4,7-8H,5-6H2,(H,22,24)(H,23,25). The van der Waals surface area contributed by atoms with Crippen LogP contribution >= 0.6 is 46.4 Å². The Hall–Kier alpha value is -1.46. The molecule has 25 heavy (non-hydrogen) atoms. The van der Waals surface area contributed by atoms with Gasteiger partial charge in [0.1, 0.15) is 5.41 Å². The molecule has 3 rings (SSSR count). The average Bonchev–Trinajstić information content (AvgIpc) is 3.36. The second kappa shape index (κ2) is 7.04. The van der Waals surface area contributed by atoms with Crippen molar-refractivity contribution in [1.82, 2.24) is 0 Å². The molecular weight excluding hydrogens is 406 g/mol. The predicted octanol–water partition coefficient (Wildman–Crippen LogP) is 5.66. The fourth-order valence-electron chi connectivity index (χ4n) is 2.35. The van der Waals surface area contributed by atoms with Gasteiger partial charge in [-0.15, -0.1) is 0 Å². The van der Waals surface area contributed by atoms with Gasteiger partial charge in [-0.1, -0.05) is 46.4 Å². The first kappa shape index (κ1) is 18.3. The van der Waals surface area contributed by atoms with E-state index < -0.39 is 17.2 Å². The van der Waals surface area contributed by atoms with E-state index in [1.807, 2.05) is 0 Å². The Morgan fingerprint density at radius 2 is 1.16 bits per heavy atom. The van der Waals surface area contributed by atoms with Crippen LogP contribution in [-0.4, -0.2) is 11.8 Å². The molecule has 0 bridgehead atoms. The van der Waals surface area contributed by atoms with Crippen LogP contribution in [0.4, 0.5) is 11.4 Å². The van der Waals surface area contributed by atoms with Crippen molar-refractivity contribution in [2.24, 2.45) is 5.41 Å². The summed E-state index contributed by atoms with van der Waals surface area (Å²) in [6.45, 7) is 0. The van der Waals surface area contributed by atoms with Crippen LogP contribution in [0, 0.1) is 5.41 Å². The molecule has 130 valence electrons. The molecule has 1 aliphatic rings. The van der Waals surface area contributed by atoms with E-state index in [9.17, 15) is 9.59 Å². The lowest BCUT2D eigenvalue weighted by molar-refractivity contribution is -0.131. The Labute approximate surface area is 164 Å². The van der Waals surface area contributed by atoms with E-state index in [4.69, 9.17) is 46.4 Å². The third-order valence-corrected chi connectivity index (χ3v) is 5.10. The number of hydrogen-bond donors (Lipinski definition) is 2. The fourth-order valence-corrected chi connectivity index (χ4v) is 3.03. The number of carbonyl (C=O) groups excluding carboxylic acids is 2. The molecule has 0 saturated heterocycles. The maximum atomic E-state index is 12.6. The highest BCUT2D eigenvalue weighted by Gasteiger charge is 2.56. The molecule has 1 saturated carbocycles. The number of halogens is 4. The van der Waals surface area contributed by atoms with Gasteiger partial charge in [0.2, 0.25) is 11.8 Å². The average molecular weight is 418 g/mol. The van der Waals surface area contributed by atoms with Gasteiger partial charge in [-0.2, -0.15) is 0 Å². The lowest BCUT2D eigenvalue weighted by atomic mass is 10.0. The van der Waals surface area contributed by atoms with Crippen LogP contribution in [0.2, 0.25) is 20.1 Å². The van der Waals surface area contributed by atoms with Crippen molar-refractivity contribution >= 4 is 69.6 Å². The molecule has 0 spiro atoms. The molecule has 2 N–H and O–H groups in total. The van der Waals surface area contributed by atoms with Crippen molar-refractivity contribution in [2.75, 3.05) is 10.6 Å². The molecule has 2 aromatic rings. The van der Waals surface area contributed by atoms with Gasteiger partial charge in [0.15, 0.2) is 0 Å². The zero-order chi connectivity index (χ0) is 18.2. The van der Waals surface area contributed by atoms with Gasteiger partial charge >= 0.3 is 0 Å². The van der Waals surface area contributed by atoms with Gasteiger partial charge in [-0.25, -0.2) is 0 Å². The summed E-state index contributed by atoms with van der Waals surface area (Å²) in [5, 5.41) is 6.88. The van der Waals surface area contributed by atoms with Crippen molar-refractivity contribution in [3.63, 3.8) is 0 Å². The minimum atomic E-state index is -1.16. The van der Waals surface area contributed by atoms with Crippen LogP contribution < -0.4 is 10.6 Å². The van der Waals surface area contributed by atoms with Gasteiger partial charge in [0.25, 0.3) is 0 Å². The maximum absolute atomic E-state index is 12.6. The normalized spacial score (nSPS) is 14.7. The van der Waals surface area contributed by atoms with E-state index in [1.165, 1.54) is 12.1 Å². The molecule has 8 heteroatoms. The SMILES string of the molecule is O=C(Nc1cc(Cl)ccc1Cl)C1(C(=O)Nc2cc(Cl)ccc2Cl)CC1. The van der Waals surface area contributed by atoms with Crippen molar-refractivity contribution in [3.8, 4) is 0 Å². The lowest BCUT2D eigenvalue weighted by Crippen LogP contribution is -2.35. The minimum Gasteiger partial charge on any atom is -0.324 e. The molecule has 0 aliphatic heterocycles. The number of carbonyl (C=O) groups is 2. The fraction of sp³-hybridized carbons (Fsp3) is 0.176. The lowest BCUT2D eigenvalue weighted by Gasteiger charge is -2.17. The second-order valence-corrected chi connectivity index (χ2v) is 7.43. The molecule has 0 unspecified atom stereocenters. The monoisotopic (exact) mass is 416 g/mol. The summed E-state index contributed by atoms with van der Waals surface area (Å²) in [5.74, 6) is -0.875. The molecule has 0 radical (unpaired) electrons. The van der Waals surface area contributed by atoms with Gasteiger partial charge < -0.3 is 10.6 Å². The summed E-state index contributed by atoms with van der Waals surface area (Å²) < 4.78 is 0. The van der Waals surface area contributed by atoms with Crippen molar-refractivity contribution in [1.29, 1.82) is 0 Å². The topological polar surface area (TPSA) is 58.2 Å². The summed E-state index contributed by atoms with van der Waals surface area (Å²) in [7, 11) is 0. The molecular formula is C17H12Cl4N2O2. The van der Waals surface area contributed by atoms with Gasteiger partial charge in [-0.3, -0.25) is 9.59 Å². The summed E-state index contributed by atoms with van der Waals surface area (Å²) >= 11 is 23.9. The largest absolute Gasteiger partial charge is 0.324 e. The highest BCUT2D eigenvalue weighted by Crippen LogP contribution is 2.48. The summed E-state index contributed by atoms with van der Waals surface area (Å²) in [4.78, 5) is 25.2. The Kier molecular flexibility index (Phi) is 5.16. The highest BCUT2D eigenvalue weighted by atomic mass is 35.5. The summed E-state index contributed by atoms with van der Waals surface area (Å²) in [5.41, 5.74) is -0.435. The first-order valence-electron chi connectivity index (χ1n) is 7.35. The van der Waals surface area contributed by atoms with E-state index in [0.29, 0.717) is 44.3 Å². The smallest absolute Gasteiger partial charge is 0.240 e. The van der Waals surface area contributed by atoms with Crippen LogP contribution in [-0.2, 0) is 9.59 Å². The van der Waals surface area contributed by atoms with E-state index in [-0.39, 0.29) is 0 Å². The maximum Gasteiger partial charge on any atom is 0.240 e. The minimum absolute atomic E-state index is 0.340. The van der Waals surface area contributed by atoms with E-state index in [0.717, 1.165) is 0 Å². The van der Waals surface area contributed by atoms with Crippen LogP contribution in [0.25, 0.3) is 0 Å². The number of hydrogen-bond acceptors (Lipinski definition) is 2. The Bertz CT molecular complexity index is 798. The predicted molar refractivity (Wildman–Crippen MR) is 102 cm³/mol. The Morgan fingerprint density at radius 3 is 1.52 bits per heavy atom. The second-order valence-electron chi connectivity index (χ2n) is 5.74. The molecule has 2 amide bonds. The van der Waals surface area contributed by atoms with Gasteiger partial charge in [-0.05, 0) is 49.2 Å². The third-order valence-electron chi connectivity index (χ3n) is 3.97. The molecule has 0 heterocycles. The highest BCUT2D eigenvalue weighted by molar-refractivity contribution is 6.37. The van der Waals surface area contributed by atoms with E-state index in [1.54, 1.807) is 24.3 Å². The molecule has 2 aromatic carbocycles. The van der Waals surface area contributed by atoms with Crippen LogP contribution in [0.3, 0.4) is 0 Å². The van der Waals surface area contributed by atoms with Crippen molar-refractivity contribution < 1.29 is 9.59 Å². The molecule has 1 fully saturated rings. The van der Waals surface area contributed by atoms with Crippen LogP contribution in [0.1, 0.15) is 12.8 Å². The van der Waals surface area contributed by atoms with Crippen molar-refractivity contribution in [3.05, 3.63) is 56.5 Å². The molecule has 1 aliphatic carbocycles. The zero-order valence-electron chi connectivity index (χ0n) is 12.7. The molecule has 0 atom stereocenters. The Morgan fingerprint density at radius 1 is 0.760 bits per heavy atom. The number of anilines is 2. The zero-order valence-corrected chi connectivity index (χ0v) is 15.7. The number of nitrogens with one attached hydrogen (secondary N) is 2. The van der Waals surface area contributed by atoms with Gasteiger partial charge in [0.05, 0.1) is 21.4 Å². The third kappa shape index (κ3) is 3.87. The van der Waals surface area contributed by atoms with Crippen LogP contribution in [0.5, 0.6) is 0 Å². The number of rotatable bonds is 4. The quantitative estimate of drug-likeness (QED) is 0.630. The number of benzene rings is 2. The summed E-state index contributed by atoms with van der Waals surface area (Å²) in [6, 6.07) is 9.43. The Balaban J connectivity index is 1.77. The molecule has 4 nitrogen and oxygen atoms in total. The van der Waals surface area contributed by atoms with Crippen LogP contribution in [0.15, 0.2) is 36.4 Å².